The summed E-state index contributed by atoms with van der Waals surface area (Å²) in [6.45, 7) is 13.1. The Hall–Kier alpha value is -3.04. The van der Waals surface area contributed by atoms with Crippen LogP contribution < -0.4 is 10.2 Å². The Morgan fingerprint density at radius 3 is 1.06 bits per heavy atom. The minimum atomic E-state index is -0.0833. The van der Waals surface area contributed by atoms with Gasteiger partial charge in [-0.3, -0.25) is 0 Å². The predicted molar refractivity (Wildman–Crippen MR) is 141 cm³/mol. The molecule has 0 saturated heterocycles. The SMILES string of the molecule is C=C(C)[O-].C=C(C)[O-].C[C](C)=[Hf+2].c1ccc(-c2cc[cH-]c2)cc1.c1ccc(-c2cc[cH-]c2)cc1. The van der Waals surface area contributed by atoms with Crippen LogP contribution >= 0.6 is 0 Å². The van der Waals surface area contributed by atoms with E-state index in [0.717, 1.165) is 0 Å². The van der Waals surface area contributed by atoms with Crippen LogP contribution in [0.15, 0.2) is 134 Å². The van der Waals surface area contributed by atoms with Gasteiger partial charge in [0.05, 0.1) is 0 Å². The molecule has 0 spiro atoms. The molecule has 2 nitrogen and oxygen atoms in total. The van der Waals surface area contributed by atoms with Crippen LogP contribution in [0.5, 0.6) is 0 Å². The van der Waals surface area contributed by atoms with E-state index in [1.807, 2.05) is 12.1 Å². The molecule has 0 aromatic heterocycles. The summed E-state index contributed by atoms with van der Waals surface area (Å²) in [5.41, 5.74) is 5.17. The van der Waals surface area contributed by atoms with Crippen molar-refractivity contribution in [3.05, 3.63) is 134 Å². The van der Waals surface area contributed by atoms with Crippen molar-refractivity contribution in [3.63, 3.8) is 0 Å². The van der Waals surface area contributed by atoms with Crippen LogP contribution in [0.4, 0.5) is 0 Å². The summed E-state index contributed by atoms with van der Waals surface area (Å²) in [6.07, 6.45) is 0. The third-order valence-electron chi connectivity index (χ3n) is 3.54. The average molecular weight is 617 g/mol. The Balaban J connectivity index is 0.000000443. The first kappa shape index (κ1) is 31.0. The van der Waals surface area contributed by atoms with Crippen molar-refractivity contribution >= 4 is 3.26 Å². The van der Waals surface area contributed by atoms with Crippen molar-refractivity contribution in [2.45, 2.75) is 27.7 Å². The zero-order valence-electron chi connectivity index (χ0n) is 20.6. The first-order chi connectivity index (χ1) is 16.1. The number of hydrogen-bond donors (Lipinski definition) is 0. The number of hydrogen-bond acceptors (Lipinski definition) is 2. The van der Waals surface area contributed by atoms with Crippen LogP contribution in [0.3, 0.4) is 0 Å². The van der Waals surface area contributed by atoms with Gasteiger partial charge in [-0.2, -0.15) is 47.5 Å². The van der Waals surface area contributed by atoms with Gasteiger partial charge in [-0.1, -0.05) is 85.6 Å². The fourth-order valence-corrected chi connectivity index (χ4v) is 2.39. The minimum absolute atomic E-state index is 0.0833. The van der Waals surface area contributed by atoms with E-state index in [1.54, 1.807) is 3.26 Å². The van der Waals surface area contributed by atoms with Crippen LogP contribution in [0.25, 0.3) is 22.3 Å². The Bertz CT molecular complexity index is 919. The molecule has 0 N–H and O–H groups in total. The van der Waals surface area contributed by atoms with Gasteiger partial charge in [0, 0.05) is 0 Å². The maximum atomic E-state index is 9.33. The zero-order valence-corrected chi connectivity index (χ0v) is 24.2. The maximum absolute atomic E-state index is 9.33. The Labute approximate surface area is 220 Å². The van der Waals surface area contributed by atoms with E-state index >= 15 is 0 Å². The first-order valence-electron chi connectivity index (χ1n) is 10.8. The summed E-state index contributed by atoms with van der Waals surface area (Å²) in [7, 11) is 0. The minimum Gasteiger partial charge on any atom is -0.206 e. The second kappa shape index (κ2) is 19.4. The van der Waals surface area contributed by atoms with E-state index in [0.29, 0.717) is 0 Å². The topological polar surface area (TPSA) is 46.1 Å². The Morgan fingerprint density at radius 1 is 0.588 bits per heavy atom. The molecule has 0 aliphatic carbocycles. The second-order valence-corrected chi connectivity index (χ2v) is 11.1. The third-order valence-corrected chi connectivity index (χ3v) is 3.54. The van der Waals surface area contributed by atoms with Gasteiger partial charge >= 0.3 is 41.0 Å². The van der Waals surface area contributed by atoms with Gasteiger partial charge < -0.3 is 10.2 Å². The van der Waals surface area contributed by atoms with Crippen LogP contribution in [0.1, 0.15) is 27.7 Å². The Kier molecular flexibility index (Phi) is 17.7. The largest absolute Gasteiger partial charge is 0.206 e. The van der Waals surface area contributed by atoms with Crippen LogP contribution in [-0.2, 0) is 23.9 Å². The molecule has 4 rings (SSSR count). The molecule has 0 radical (unpaired) electrons. The van der Waals surface area contributed by atoms with Crippen molar-refractivity contribution in [1.29, 1.82) is 0 Å². The molecule has 0 bridgehead atoms. The van der Waals surface area contributed by atoms with E-state index in [9.17, 15) is 10.2 Å². The molecule has 0 aliphatic heterocycles. The second-order valence-electron chi connectivity index (χ2n) is 7.48. The maximum Gasteiger partial charge on any atom is -0.0623 e. The summed E-state index contributed by atoms with van der Waals surface area (Å²) in [5, 5.41) is 18.7. The number of rotatable bonds is 2. The molecule has 34 heavy (non-hydrogen) atoms. The fraction of sp³-hybridized carbons (Fsp3) is 0.129. The predicted octanol–water partition coefficient (Wildman–Crippen LogP) is 6.65. The molecular formula is C31H34HfO2-2. The van der Waals surface area contributed by atoms with Crippen molar-refractivity contribution in [1.82, 2.24) is 0 Å². The summed E-state index contributed by atoms with van der Waals surface area (Å²) in [5.74, 6) is -0.167. The first-order valence-corrected chi connectivity index (χ1v) is 12.6. The molecular weight excluding hydrogens is 583 g/mol. The van der Waals surface area contributed by atoms with Gasteiger partial charge in [0.1, 0.15) is 0 Å². The molecule has 176 valence electrons. The molecule has 4 aromatic rings. The number of allylic oxidation sites excluding steroid dienone is 2. The van der Waals surface area contributed by atoms with Gasteiger partial charge in [0.25, 0.3) is 0 Å². The van der Waals surface area contributed by atoms with Gasteiger partial charge in [-0.05, 0) is 0 Å². The van der Waals surface area contributed by atoms with E-state index in [4.69, 9.17) is 0 Å². The van der Waals surface area contributed by atoms with Gasteiger partial charge in [0.15, 0.2) is 0 Å². The summed E-state index contributed by atoms with van der Waals surface area (Å²) < 4.78 is 1.56. The standard InChI is InChI=1S/2C11H9.2C3H6O.C3H6.Hf/c2*1-2-6-10(7-3-1)11-8-4-5-9-11;2*1-3(2)4;1-3-2;/h2*1-9H;2*4H,1H2,2H3;1-2H3;/q2*-1;;;;+2/p-2. The molecule has 0 unspecified atom stereocenters. The Morgan fingerprint density at radius 2 is 0.853 bits per heavy atom. The van der Waals surface area contributed by atoms with Crippen LogP contribution in [0.2, 0.25) is 0 Å². The summed E-state index contributed by atoms with van der Waals surface area (Å²) in [6, 6.07) is 37.5. The molecule has 4 aromatic carbocycles. The smallest absolute Gasteiger partial charge is 0.0623 e. The monoisotopic (exact) mass is 618 g/mol. The van der Waals surface area contributed by atoms with Crippen LogP contribution in [0, 0.1) is 0 Å². The van der Waals surface area contributed by atoms with E-state index in [2.05, 4.69) is 124 Å². The molecule has 0 aliphatic rings. The molecule has 0 saturated carbocycles. The fourth-order valence-electron chi connectivity index (χ4n) is 2.39. The van der Waals surface area contributed by atoms with Gasteiger partial charge in [0.2, 0.25) is 0 Å². The molecule has 0 amide bonds. The van der Waals surface area contributed by atoms with Crippen molar-refractivity contribution < 1.29 is 34.1 Å². The van der Waals surface area contributed by atoms with E-state index in [1.165, 1.54) is 60.0 Å². The summed E-state index contributed by atoms with van der Waals surface area (Å²) >= 11 is 1.27. The van der Waals surface area contributed by atoms with Crippen molar-refractivity contribution in [3.8, 4) is 22.3 Å². The molecule has 0 heterocycles. The van der Waals surface area contributed by atoms with Gasteiger partial charge in [-0.25, -0.2) is 12.1 Å². The third kappa shape index (κ3) is 18.5. The zero-order chi connectivity index (χ0) is 25.8. The molecule has 3 heteroatoms. The van der Waals surface area contributed by atoms with Crippen molar-refractivity contribution in [2.75, 3.05) is 0 Å². The molecule has 0 atom stereocenters. The normalized spacial score (nSPS) is 8.65. The number of benzene rings is 2. The quantitative estimate of drug-likeness (QED) is 0.144. The summed E-state index contributed by atoms with van der Waals surface area (Å²) in [4.78, 5) is 0. The molecule has 0 fully saturated rings. The van der Waals surface area contributed by atoms with Crippen molar-refractivity contribution in [2.24, 2.45) is 0 Å². The van der Waals surface area contributed by atoms with E-state index in [-0.39, 0.29) is 11.5 Å². The average Bonchev–Trinajstić information content (AvgIpc) is 3.49. The van der Waals surface area contributed by atoms with Gasteiger partial charge in [-0.15, -0.1) is 24.7 Å². The van der Waals surface area contributed by atoms with E-state index < -0.39 is 0 Å². The van der Waals surface area contributed by atoms with Crippen LogP contribution in [-0.4, -0.2) is 3.26 Å².